The fourth-order valence-electron chi connectivity index (χ4n) is 12.2. The van der Waals surface area contributed by atoms with Crippen LogP contribution in [-0.4, -0.2) is 86.3 Å². The first-order chi connectivity index (χ1) is 25.3. The van der Waals surface area contributed by atoms with E-state index in [0.29, 0.717) is 35.5 Å². The number of anilines is 1. The molecule has 4 N–H and O–H groups in total. The molecule has 3 aliphatic heterocycles. The van der Waals surface area contributed by atoms with Gasteiger partial charge in [-0.1, -0.05) is 39.3 Å². The van der Waals surface area contributed by atoms with E-state index in [4.69, 9.17) is 18.9 Å². The number of ether oxygens (including phenoxy) is 4. The Morgan fingerprint density at radius 3 is 2.60 bits per heavy atom. The average molecular weight is 740 g/mol. The van der Waals surface area contributed by atoms with Crippen molar-refractivity contribution >= 4 is 17.7 Å². The van der Waals surface area contributed by atoms with Gasteiger partial charge in [-0.25, -0.2) is 4.79 Å². The minimum atomic E-state index is -1.44. The standard InChI is InChI=1S/C40H57N3O10/c1-21-9-15-40(50-20-21)22(2)33-28(53-40)18-27-25-6-5-23-17-24(10-13-38(23,3)26(25)11-14-39(27,33)4)51-32(46)8-7-31(45)41-30-12-16-43(37(49)42-30)36-35(48)34(47)29(19-44)52-36/h5,12,16,21-22,24-29,33-36,44,47-48H,6-11,13-15,17-20H2,1-4H3,(H,41,42,45,49)/t21-,22+,24+,25?,26?,27?,28+,29-,33+,34?,35?,36-,38+,39+,40-/m1/s1. The molecule has 1 aromatic heterocycles. The Labute approximate surface area is 310 Å². The fourth-order valence-corrected chi connectivity index (χ4v) is 12.2. The van der Waals surface area contributed by atoms with Crippen LogP contribution in [0.15, 0.2) is 28.7 Å². The number of aromatic nitrogens is 2. The van der Waals surface area contributed by atoms with Crippen LogP contribution in [0.3, 0.4) is 0 Å². The molecule has 53 heavy (non-hydrogen) atoms. The van der Waals surface area contributed by atoms with Gasteiger partial charge < -0.3 is 39.6 Å². The van der Waals surface area contributed by atoms with Crippen LogP contribution in [0.1, 0.15) is 105 Å². The van der Waals surface area contributed by atoms with Crippen molar-refractivity contribution < 1.29 is 43.9 Å². The Kier molecular flexibility index (Phi) is 9.71. The largest absolute Gasteiger partial charge is 0.462 e. The molecule has 5 unspecified atom stereocenters. The van der Waals surface area contributed by atoms with Gasteiger partial charge in [0.25, 0.3) is 0 Å². The van der Waals surface area contributed by atoms with E-state index in [2.05, 4.69) is 44.1 Å². The maximum atomic E-state index is 12.9. The quantitative estimate of drug-likeness (QED) is 0.236. The lowest BCUT2D eigenvalue weighted by Gasteiger charge is -2.58. The van der Waals surface area contributed by atoms with Crippen LogP contribution >= 0.6 is 0 Å². The lowest BCUT2D eigenvalue weighted by Crippen LogP contribution is -2.52. The molecule has 3 saturated carbocycles. The Hall–Kier alpha value is -2.68. The molecule has 4 aliphatic carbocycles. The van der Waals surface area contributed by atoms with Gasteiger partial charge in [-0.15, -0.1) is 0 Å². The zero-order valence-corrected chi connectivity index (χ0v) is 31.4. The molecule has 13 nitrogen and oxygen atoms in total. The summed E-state index contributed by atoms with van der Waals surface area (Å²) in [6.45, 7) is 9.96. The highest BCUT2D eigenvalue weighted by molar-refractivity contribution is 5.91. The summed E-state index contributed by atoms with van der Waals surface area (Å²) >= 11 is 0. The summed E-state index contributed by atoms with van der Waals surface area (Å²) in [5.41, 5.74) is 0.970. The number of nitrogens with zero attached hydrogens (tertiary/aromatic N) is 2. The van der Waals surface area contributed by atoms with E-state index in [1.165, 1.54) is 37.1 Å². The zero-order chi connectivity index (χ0) is 37.4. The van der Waals surface area contributed by atoms with Gasteiger partial charge in [-0.3, -0.25) is 14.2 Å². The molecule has 4 heterocycles. The van der Waals surface area contributed by atoms with Crippen molar-refractivity contribution in [1.29, 1.82) is 0 Å². The van der Waals surface area contributed by atoms with Gasteiger partial charge in [0.2, 0.25) is 5.91 Å². The van der Waals surface area contributed by atoms with E-state index in [1.54, 1.807) is 0 Å². The third-order valence-electron chi connectivity index (χ3n) is 15.1. The van der Waals surface area contributed by atoms with Gasteiger partial charge in [0.15, 0.2) is 12.0 Å². The molecule has 1 amide bonds. The van der Waals surface area contributed by atoms with E-state index >= 15 is 0 Å². The molecule has 0 aromatic carbocycles. The molecular weight excluding hydrogens is 682 g/mol. The van der Waals surface area contributed by atoms with Crippen molar-refractivity contribution in [2.45, 2.75) is 141 Å². The molecule has 3 saturated heterocycles. The van der Waals surface area contributed by atoms with Crippen LogP contribution in [0.5, 0.6) is 0 Å². The van der Waals surface area contributed by atoms with Crippen LogP contribution in [0.4, 0.5) is 5.82 Å². The van der Waals surface area contributed by atoms with Crippen molar-refractivity contribution in [2.24, 2.45) is 46.3 Å². The predicted molar refractivity (Wildman–Crippen MR) is 191 cm³/mol. The minimum absolute atomic E-state index is 0.0202. The molecule has 7 aliphatic rings. The highest BCUT2D eigenvalue weighted by Crippen LogP contribution is 2.70. The molecule has 8 rings (SSSR count). The smallest absolute Gasteiger partial charge is 0.351 e. The number of amides is 1. The maximum absolute atomic E-state index is 12.9. The number of hydrogen-bond acceptors (Lipinski definition) is 11. The van der Waals surface area contributed by atoms with Crippen LogP contribution in [-0.2, 0) is 28.5 Å². The number of esters is 1. The Morgan fingerprint density at radius 2 is 1.89 bits per heavy atom. The first-order valence-electron chi connectivity index (χ1n) is 20.0. The number of allylic oxidation sites excluding steroid dienone is 1. The van der Waals surface area contributed by atoms with Crippen LogP contribution in [0.2, 0.25) is 0 Å². The number of rotatable bonds is 7. The normalized spacial score (nSPS) is 45.8. The third-order valence-corrected chi connectivity index (χ3v) is 15.1. The molecule has 1 spiro atoms. The summed E-state index contributed by atoms with van der Waals surface area (Å²) in [6, 6.07) is 1.36. The summed E-state index contributed by atoms with van der Waals surface area (Å²) in [5, 5.41) is 32.1. The molecule has 0 bridgehead atoms. The highest BCUT2D eigenvalue weighted by atomic mass is 16.7. The van der Waals surface area contributed by atoms with Crippen molar-refractivity contribution in [3.05, 3.63) is 34.4 Å². The van der Waals surface area contributed by atoms with Crippen molar-refractivity contribution in [3.63, 3.8) is 0 Å². The second-order valence-corrected chi connectivity index (χ2v) is 17.9. The number of hydrogen-bond donors (Lipinski definition) is 4. The van der Waals surface area contributed by atoms with Gasteiger partial charge in [-0.2, -0.15) is 4.98 Å². The number of carbonyl (C=O) groups is 2. The molecule has 15 atom stereocenters. The number of aliphatic hydroxyl groups excluding tert-OH is 3. The van der Waals surface area contributed by atoms with Gasteiger partial charge in [0.05, 0.1) is 25.7 Å². The van der Waals surface area contributed by atoms with Gasteiger partial charge in [0.1, 0.15) is 30.2 Å². The van der Waals surface area contributed by atoms with Gasteiger partial charge in [0, 0.05) is 31.4 Å². The maximum Gasteiger partial charge on any atom is 0.351 e. The summed E-state index contributed by atoms with van der Waals surface area (Å²) in [5.74, 6) is 2.12. The fraction of sp³-hybridized carbons (Fsp3) is 0.800. The SMILES string of the molecule is C[C@@H]1CC[C@@]2(OC1)O[C@H]1CC3C4CC=C5C[C@@H](OC(=O)CCC(=O)Nc6ccn([C@@H]7O[C@H](CO)C(O)C7O)c(=O)n6)CC[C@]5(C)C4CC[C@]3(C)[C@H]1[C@@H]2C. The van der Waals surface area contributed by atoms with E-state index in [0.717, 1.165) is 49.7 Å². The Balaban J connectivity index is 0.835. The summed E-state index contributed by atoms with van der Waals surface area (Å²) < 4.78 is 25.7. The summed E-state index contributed by atoms with van der Waals surface area (Å²) in [6.07, 6.45) is 7.87. The molecule has 6 fully saturated rings. The van der Waals surface area contributed by atoms with Gasteiger partial charge in [-0.05, 0) is 91.4 Å². The second kappa shape index (κ2) is 13.8. The minimum Gasteiger partial charge on any atom is -0.462 e. The average Bonchev–Trinajstić information content (AvgIpc) is 3.69. The van der Waals surface area contributed by atoms with Crippen LogP contribution < -0.4 is 11.0 Å². The van der Waals surface area contributed by atoms with Crippen molar-refractivity contribution in [1.82, 2.24) is 9.55 Å². The topological polar surface area (TPSA) is 179 Å². The lowest BCUT2D eigenvalue weighted by molar-refractivity contribution is -0.272. The zero-order valence-electron chi connectivity index (χ0n) is 31.4. The molecule has 1 aromatic rings. The van der Waals surface area contributed by atoms with Crippen LogP contribution in [0, 0.1) is 46.3 Å². The lowest BCUT2D eigenvalue weighted by atomic mass is 9.47. The van der Waals surface area contributed by atoms with Crippen LogP contribution in [0.25, 0.3) is 0 Å². The highest BCUT2D eigenvalue weighted by Gasteiger charge is 2.68. The Bertz CT molecular complexity index is 1670. The first kappa shape index (κ1) is 37.3. The summed E-state index contributed by atoms with van der Waals surface area (Å²) in [7, 11) is 0. The Morgan fingerprint density at radius 1 is 1.08 bits per heavy atom. The monoisotopic (exact) mass is 739 g/mol. The second-order valence-electron chi connectivity index (χ2n) is 17.9. The molecule has 13 heteroatoms. The molecular formula is C40H57N3O10. The molecule has 0 radical (unpaired) electrons. The van der Waals surface area contributed by atoms with Gasteiger partial charge >= 0.3 is 11.7 Å². The van der Waals surface area contributed by atoms with Crippen molar-refractivity contribution in [3.8, 4) is 0 Å². The van der Waals surface area contributed by atoms with E-state index in [9.17, 15) is 29.7 Å². The van der Waals surface area contributed by atoms with E-state index in [-0.39, 0.29) is 41.7 Å². The number of aliphatic hydroxyl groups is 3. The summed E-state index contributed by atoms with van der Waals surface area (Å²) in [4.78, 5) is 42.0. The van der Waals surface area contributed by atoms with Crippen molar-refractivity contribution in [2.75, 3.05) is 18.5 Å². The van der Waals surface area contributed by atoms with E-state index in [1.807, 2.05) is 0 Å². The number of carbonyl (C=O) groups excluding carboxylic acids is 2. The molecule has 292 valence electrons. The first-order valence-corrected chi connectivity index (χ1v) is 20.0. The number of fused-ring (bicyclic) bond motifs is 7. The van der Waals surface area contributed by atoms with E-state index < -0.39 is 54.5 Å². The number of nitrogens with one attached hydrogen (secondary N) is 1. The predicted octanol–water partition coefficient (Wildman–Crippen LogP) is 3.85. The third kappa shape index (κ3) is 6.21.